The Kier molecular flexibility index (Phi) is 4.88. The lowest BCUT2D eigenvalue weighted by Gasteiger charge is -2.24. The van der Waals surface area contributed by atoms with Gasteiger partial charge in [-0.3, -0.25) is 4.79 Å². The molecule has 0 radical (unpaired) electrons. The zero-order valence-electron chi connectivity index (χ0n) is 11.5. The molecule has 94 valence electrons. The summed E-state index contributed by atoms with van der Waals surface area (Å²) in [6.45, 7) is 6.03. The van der Waals surface area contributed by atoms with Crippen molar-refractivity contribution in [3.63, 3.8) is 0 Å². The molecule has 2 heteroatoms. The lowest BCUT2D eigenvalue weighted by atomic mass is 9.96. The SMILES string of the molecule is CC(=O)CC(c1ccc(C(C)C)cc1)N(C)C. The fourth-order valence-electron chi connectivity index (χ4n) is 1.97. The first-order valence-electron chi connectivity index (χ1n) is 6.17. The Morgan fingerprint density at radius 1 is 1.12 bits per heavy atom. The molecular weight excluding hydrogens is 210 g/mol. The molecule has 0 N–H and O–H groups in total. The van der Waals surface area contributed by atoms with Gasteiger partial charge in [-0.05, 0) is 38.1 Å². The summed E-state index contributed by atoms with van der Waals surface area (Å²) in [5.41, 5.74) is 2.56. The largest absolute Gasteiger partial charge is 0.302 e. The summed E-state index contributed by atoms with van der Waals surface area (Å²) in [5, 5.41) is 0. The maximum atomic E-state index is 11.3. The number of nitrogens with zero attached hydrogens (tertiary/aromatic N) is 1. The number of carbonyl (C=O) groups is 1. The van der Waals surface area contributed by atoms with Crippen molar-refractivity contribution in [3.8, 4) is 0 Å². The molecule has 0 bridgehead atoms. The van der Waals surface area contributed by atoms with Crippen molar-refractivity contribution < 1.29 is 4.79 Å². The van der Waals surface area contributed by atoms with Crippen LogP contribution in [0.1, 0.15) is 50.3 Å². The average molecular weight is 233 g/mol. The molecule has 1 aromatic carbocycles. The Balaban J connectivity index is 2.91. The van der Waals surface area contributed by atoms with Crippen LogP contribution in [0.15, 0.2) is 24.3 Å². The van der Waals surface area contributed by atoms with Crippen LogP contribution in [0.3, 0.4) is 0 Å². The van der Waals surface area contributed by atoms with Gasteiger partial charge >= 0.3 is 0 Å². The van der Waals surface area contributed by atoms with Crippen LogP contribution in [-0.4, -0.2) is 24.8 Å². The van der Waals surface area contributed by atoms with E-state index in [0.717, 1.165) is 0 Å². The first-order valence-corrected chi connectivity index (χ1v) is 6.17. The second-order valence-electron chi connectivity index (χ2n) is 5.21. The van der Waals surface area contributed by atoms with Crippen molar-refractivity contribution in [3.05, 3.63) is 35.4 Å². The number of ketones is 1. The van der Waals surface area contributed by atoms with E-state index in [1.807, 2.05) is 14.1 Å². The van der Waals surface area contributed by atoms with Crippen molar-refractivity contribution in [1.29, 1.82) is 0 Å². The van der Waals surface area contributed by atoms with Gasteiger partial charge in [-0.25, -0.2) is 0 Å². The van der Waals surface area contributed by atoms with Gasteiger partial charge in [0.1, 0.15) is 5.78 Å². The van der Waals surface area contributed by atoms with E-state index in [9.17, 15) is 4.79 Å². The van der Waals surface area contributed by atoms with Crippen molar-refractivity contribution in [1.82, 2.24) is 4.90 Å². The summed E-state index contributed by atoms with van der Waals surface area (Å²) < 4.78 is 0. The molecule has 2 nitrogen and oxygen atoms in total. The van der Waals surface area contributed by atoms with E-state index >= 15 is 0 Å². The first-order chi connectivity index (χ1) is 7.91. The van der Waals surface area contributed by atoms with Gasteiger partial charge in [0.15, 0.2) is 0 Å². The standard InChI is InChI=1S/C15H23NO/c1-11(2)13-6-8-14(9-7-13)15(16(4)5)10-12(3)17/h6-9,11,15H,10H2,1-5H3. The van der Waals surface area contributed by atoms with E-state index in [1.165, 1.54) is 11.1 Å². The van der Waals surface area contributed by atoms with Crippen molar-refractivity contribution in [2.45, 2.75) is 39.2 Å². The Bertz CT molecular complexity index is 365. The van der Waals surface area contributed by atoms with Crippen LogP contribution in [0.5, 0.6) is 0 Å². The van der Waals surface area contributed by atoms with E-state index < -0.39 is 0 Å². The molecule has 0 spiro atoms. The highest BCUT2D eigenvalue weighted by atomic mass is 16.1. The lowest BCUT2D eigenvalue weighted by molar-refractivity contribution is -0.118. The first kappa shape index (κ1) is 13.9. The minimum absolute atomic E-state index is 0.189. The van der Waals surface area contributed by atoms with E-state index in [-0.39, 0.29) is 11.8 Å². The van der Waals surface area contributed by atoms with Crippen LogP contribution in [0.4, 0.5) is 0 Å². The highest BCUT2D eigenvalue weighted by Gasteiger charge is 2.16. The molecule has 0 fully saturated rings. The third-order valence-electron chi connectivity index (χ3n) is 3.09. The fraction of sp³-hybridized carbons (Fsp3) is 0.533. The molecule has 0 aliphatic carbocycles. The maximum absolute atomic E-state index is 11.3. The second-order valence-corrected chi connectivity index (χ2v) is 5.21. The van der Waals surface area contributed by atoms with E-state index in [4.69, 9.17) is 0 Å². The van der Waals surface area contributed by atoms with E-state index in [0.29, 0.717) is 12.3 Å². The van der Waals surface area contributed by atoms with Gasteiger partial charge < -0.3 is 4.90 Å². The lowest BCUT2D eigenvalue weighted by Crippen LogP contribution is -2.22. The molecule has 1 atom stereocenters. The normalized spacial score (nSPS) is 13.1. The van der Waals surface area contributed by atoms with Gasteiger partial charge in [0.05, 0.1) is 0 Å². The minimum Gasteiger partial charge on any atom is -0.302 e. The van der Waals surface area contributed by atoms with Gasteiger partial charge in [0.25, 0.3) is 0 Å². The molecule has 0 aliphatic heterocycles. The highest BCUT2D eigenvalue weighted by Crippen LogP contribution is 2.24. The second kappa shape index (κ2) is 5.97. The number of carbonyl (C=O) groups excluding carboxylic acids is 1. The third-order valence-corrected chi connectivity index (χ3v) is 3.09. The zero-order valence-corrected chi connectivity index (χ0v) is 11.5. The summed E-state index contributed by atoms with van der Waals surface area (Å²) in [6.07, 6.45) is 0.577. The van der Waals surface area contributed by atoms with Crippen molar-refractivity contribution in [2.75, 3.05) is 14.1 Å². The molecule has 0 aromatic heterocycles. The molecule has 0 saturated carbocycles. The summed E-state index contributed by atoms with van der Waals surface area (Å²) in [6, 6.07) is 8.80. The molecule has 0 aliphatic rings. The van der Waals surface area contributed by atoms with Crippen LogP contribution in [0, 0.1) is 0 Å². The minimum atomic E-state index is 0.189. The van der Waals surface area contributed by atoms with Crippen LogP contribution in [0.2, 0.25) is 0 Å². The number of Topliss-reactive ketones (excluding diaryl/α,β-unsaturated/α-hetero) is 1. The predicted molar refractivity (Wildman–Crippen MR) is 72.3 cm³/mol. The summed E-state index contributed by atoms with van der Waals surface area (Å²) in [4.78, 5) is 13.4. The maximum Gasteiger partial charge on any atom is 0.131 e. The Morgan fingerprint density at radius 3 is 1.94 bits per heavy atom. The zero-order chi connectivity index (χ0) is 13.0. The van der Waals surface area contributed by atoms with Crippen LogP contribution < -0.4 is 0 Å². The highest BCUT2D eigenvalue weighted by molar-refractivity contribution is 5.76. The number of rotatable bonds is 5. The molecule has 0 saturated heterocycles. The van der Waals surface area contributed by atoms with E-state index in [1.54, 1.807) is 6.92 Å². The van der Waals surface area contributed by atoms with Gasteiger partial charge in [0.2, 0.25) is 0 Å². The molecular formula is C15H23NO. The van der Waals surface area contributed by atoms with Gasteiger partial charge in [-0.1, -0.05) is 38.1 Å². The van der Waals surface area contributed by atoms with E-state index in [2.05, 4.69) is 43.0 Å². The van der Waals surface area contributed by atoms with Crippen LogP contribution in [0.25, 0.3) is 0 Å². The summed E-state index contributed by atoms with van der Waals surface area (Å²) in [7, 11) is 4.04. The molecule has 1 unspecified atom stereocenters. The average Bonchev–Trinajstić information content (AvgIpc) is 2.25. The van der Waals surface area contributed by atoms with Gasteiger partial charge in [-0.15, -0.1) is 0 Å². The van der Waals surface area contributed by atoms with Gasteiger partial charge in [-0.2, -0.15) is 0 Å². The number of hydrogen-bond donors (Lipinski definition) is 0. The molecule has 1 rings (SSSR count). The summed E-state index contributed by atoms with van der Waals surface area (Å²) in [5.74, 6) is 0.784. The smallest absolute Gasteiger partial charge is 0.131 e. The van der Waals surface area contributed by atoms with Gasteiger partial charge in [0, 0.05) is 12.5 Å². The molecule has 17 heavy (non-hydrogen) atoms. The Morgan fingerprint density at radius 2 is 1.59 bits per heavy atom. The quantitative estimate of drug-likeness (QED) is 0.777. The topological polar surface area (TPSA) is 20.3 Å². The van der Waals surface area contributed by atoms with Crippen molar-refractivity contribution >= 4 is 5.78 Å². The molecule has 0 heterocycles. The summed E-state index contributed by atoms with van der Waals surface area (Å²) >= 11 is 0. The monoisotopic (exact) mass is 233 g/mol. The molecule has 0 amide bonds. The van der Waals surface area contributed by atoms with Crippen LogP contribution >= 0.6 is 0 Å². The Hall–Kier alpha value is -1.15. The number of hydrogen-bond acceptors (Lipinski definition) is 2. The third kappa shape index (κ3) is 3.97. The fourth-order valence-corrected chi connectivity index (χ4v) is 1.97. The number of benzene rings is 1. The Labute approximate surface area is 105 Å². The van der Waals surface area contributed by atoms with Crippen molar-refractivity contribution in [2.24, 2.45) is 0 Å². The predicted octanol–water partition coefficient (Wildman–Crippen LogP) is 3.39. The van der Waals surface area contributed by atoms with Crippen LogP contribution in [-0.2, 0) is 4.79 Å². The molecule has 1 aromatic rings.